The highest BCUT2D eigenvalue weighted by molar-refractivity contribution is 7.99. The van der Waals surface area contributed by atoms with Gasteiger partial charge in [-0.2, -0.15) is 0 Å². The molecule has 23 heavy (non-hydrogen) atoms. The van der Waals surface area contributed by atoms with E-state index in [-0.39, 0.29) is 23.1 Å². The summed E-state index contributed by atoms with van der Waals surface area (Å²) in [5, 5.41) is 10.8. The van der Waals surface area contributed by atoms with Crippen molar-refractivity contribution in [2.75, 3.05) is 17.7 Å². The zero-order chi connectivity index (χ0) is 16.7. The number of nitrogens with one attached hydrogen (secondary N) is 1. The normalized spacial score (nSPS) is 10.2. The molecular formula is C15H14FN3O3S. The lowest BCUT2D eigenvalue weighted by molar-refractivity contribution is -0.139. The zero-order valence-corrected chi connectivity index (χ0v) is 13.1. The Balaban J connectivity index is 1.92. The standard InChI is InChI=1S/C15H14FN3O3S/c1-2-22-14(20)9-23-13-7-6-12(18-19-13)17-15(21)10-4-3-5-11(16)8-10/h3-8H,2,9H2,1H3,(H,17,18,21). The van der Waals surface area contributed by atoms with Crippen molar-refractivity contribution in [2.45, 2.75) is 11.9 Å². The van der Waals surface area contributed by atoms with E-state index in [0.29, 0.717) is 11.6 Å². The van der Waals surface area contributed by atoms with E-state index >= 15 is 0 Å². The second kappa shape index (κ2) is 8.23. The topological polar surface area (TPSA) is 81.2 Å². The number of carbonyl (C=O) groups excluding carboxylic acids is 2. The summed E-state index contributed by atoms with van der Waals surface area (Å²) in [6, 6.07) is 8.51. The van der Waals surface area contributed by atoms with Crippen molar-refractivity contribution in [3.05, 3.63) is 47.8 Å². The molecule has 0 aliphatic heterocycles. The molecule has 0 radical (unpaired) electrons. The Morgan fingerprint density at radius 2 is 2.09 bits per heavy atom. The van der Waals surface area contributed by atoms with Crippen LogP contribution in [0, 0.1) is 5.82 Å². The van der Waals surface area contributed by atoms with Crippen LogP contribution < -0.4 is 5.32 Å². The second-order valence-corrected chi connectivity index (χ2v) is 5.31. The van der Waals surface area contributed by atoms with E-state index in [1.807, 2.05) is 0 Å². The maximum Gasteiger partial charge on any atom is 0.316 e. The number of hydrogen-bond acceptors (Lipinski definition) is 6. The van der Waals surface area contributed by atoms with Gasteiger partial charge in [0.05, 0.1) is 12.4 Å². The number of aromatic nitrogens is 2. The number of esters is 1. The zero-order valence-electron chi connectivity index (χ0n) is 12.3. The van der Waals surface area contributed by atoms with Crippen LogP contribution in [0.4, 0.5) is 10.2 Å². The summed E-state index contributed by atoms with van der Waals surface area (Å²) >= 11 is 1.18. The summed E-state index contributed by atoms with van der Waals surface area (Å²) in [6.07, 6.45) is 0. The van der Waals surface area contributed by atoms with Crippen LogP contribution >= 0.6 is 11.8 Å². The minimum Gasteiger partial charge on any atom is -0.465 e. The molecule has 8 heteroatoms. The molecule has 1 amide bonds. The maximum atomic E-state index is 13.1. The highest BCUT2D eigenvalue weighted by atomic mass is 32.2. The fraction of sp³-hybridized carbons (Fsp3) is 0.200. The summed E-state index contributed by atoms with van der Waals surface area (Å²) in [5.41, 5.74) is 0.188. The van der Waals surface area contributed by atoms with Crippen LogP contribution in [0.15, 0.2) is 41.4 Å². The minimum absolute atomic E-state index is 0.136. The lowest BCUT2D eigenvalue weighted by Crippen LogP contribution is -2.13. The molecule has 0 atom stereocenters. The molecule has 6 nitrogen and oxygen atoms in total. The Bertz CT molecular complexity index is 695. The fourth-order valence-electron chi connectivity index (χ4n) is 1.62. The number of rotatable bonds is 6. The van der Waals surface area contributed by atoms with Crippen LogP contribution in [0.2, 0.25) is 0 Å². The third-order valence-electron chi connectivity index (χ3n) is 2.61. The molecule has 0 bridgehead atoms. The Morgan fingerprint density at radius 3 is 2.74 bits per heavy atom. The highest BCUT2D eigenvalue weighted by Gasteiger charge is 2.09. The molecular weight excluding hydrogens is 321 g/mol. The average Bonchev–Trinajstić information content (AvgIpc) is 2.54. The van der Waals surface area contributed by atoms with Gasteiger partial charge in [0.15, 0.2) is 5.82 Å². The number of hydrogen-bond donors (Lipinski definition) is 1. The number of anilines is 1. The molecule has 0 spiro atoms. The molecule has 0 fully saturated rings. The Hall–Kier alpha value is -2.48. The van der Waals surface area contributed by atoms with Gasteiger partial charge in [-0.25, -0.2) is 4.39 Å². The van der Waals surface area contributed by atoms with Crippen molar-refractivity contribution >= 4 is 29.5 Å². The summed E-state index contributed by atoms with van der Waals surface area (Å²) in [4.78, 5) is 23.2. The number of ether oxygens (including phenoxy) is 1. The van der Waals surface area contributed by atoms with E-state index < -0.39 is 11.7 Å². The van der Waals surface area contributed by atoms with Crippen LogP contribution in [0.3, 0.4) is 0 Å². The van der Waals surface area contributed by atoms with E-state index in [1.165, 1.54) is 30.0 Å². The van der Waals surface area contributed by atoms with Crippen LogP contribution in [0.5, 0.6) is 0 Å². The van der Waals surface area contributed by atoms with Crippen LogP contribution in [-0.4, -0.2) is 34.4 Å². The average molecular weight is 335 g/mol. The summed E-state index contributed by atoms with van der Waals surface area (Å²) in [5.74, 6) is -0.931. The van der Waals surface area contributed by atoms with E-state index in [0.717, 1.165) is 6.07 Å². The van der Waals surface area contributed by atoms with Crippen molar-refractivity contribution in [2.24, 2.45) is 0 Å². The van der Waals surface area contributed by atoms with Gasteiger partial charge in [-0.15, -0.1) is 10.2 Å². The smallest absolute Gasteiger partial charge is 0.316 e. The Kier molecular flexibility index (Phi) is 6.04. The SMILES string of the molecule is CCOC(=O)CSc1ccc(NC(=O)c2cccc(F)c2)nn1. The number of nitrogens with zero attached hydrogens (tertiary/aromatic N) is 2. The van der Waals surface area contributed by atoms with Gasteiger partial charge < -0.3 is 10.1 Å². The molecule has 1 N–H and O–H groups in total. The van der Waals surface area contributed by atoms with E-state index in [4.69, 9.17) is 4.74 Å². The van der Waals surface area contributed by atoms with Crippen LogP contribution in [0.1, 0.15) is 17.3 Å². The van der Waals surface area contributed by atoms with Gasteiger partial charge in [0.1, 0.15) is 10.8 Å². The summed E-state index contributed by atoms with van der Waals surface area (Å²) in [7, 11) is 0. The number of thioether (sulfide) groups is 1. The van der Waals surface area contributed by atoms with Gasteiger partial charge >= 0.3 is 5.97 Å². The lowest BCUT2D eigenvalue weighted by Gasteiger charge is -2.05. The fourth-order valence-corrected chi connectivity index (χ4v) is 2.23. The van der Waals surface area contributed by atoms with Crippen LogP contribution in [-0.2, 0) is 9.53 Å². The third-order valence-corrected chi connectivity index (χ3v) is 3.51. The first-order valence-corrected chi connectivity index (χ1v) is 7.76. The van der Waals surface area contributed by atoms with E-state index in [9.17, 15) is 14.0 Å². The lowest BCUT2D eigenvalue weighted by atomic mass is 10.2. The van der Waals surface area contributed by atoms with Crippen LogP contribution in [0.25, 0.3) is 0 Å². The first-order chi connectivity index (χ1) is 11.1. The number of halogens is 1. The Labute approximate surface area is 136 Å². The molecule has 0 saturated carbocycles. The molecule has 0 aliphatic rings. The van der Waals surface area contributed by atoms with Gasteiger partial charge in [0, 0.05) is 5.56 Å². The molecule has 1 heterocycles. The number of carbonyl (C=O) groups is 2. The van der Waals surface area contributed by atoms with Crippen molar-refractivity contribution < 1.29 is 18.7 Å². The molecule has 120 valence electrons. The van der Waals surface area contributed by atoms with E-state index in [2.05, 4.69) is 15.5 Å². The quantitative estimate of drug-likeness (QED) is 0.645. The minimum atomic E-state index is -0.491. The summed E-state index contributed by atoms with van der Waals surface area (Å²) < 4.78 is 17.9. The van der Waals surface area contributed by atoms with Crippen molar-refractivity contribution in [3.8, 4) is 0 Å². The van der Waals surface area contributed by atoms with Gasteiger partial charge in [0.25, 0.3) is 5.91 Å². The summed E-state index contributed by atoms with van der Waals surface area (Å²) in [6.45, 7) is 2.06. The van der Waals surface area contributed by atoms with Gasteiger partial charge in [-0.05, 0) is 37.3 Å². The van der Waals surface area contributed by atoms with Crippen molar-refractivity contribution in [1.82, 2.24) is 10.2 Å². The second-order valence-electron chi connectivity index (χ2n) is 4.31. The largest absolute Gasteiger partial charge is 0.465 e. The molecule has 0 aliphatic carbocycles. The van der Waals surface area contributed by atoms with Gasteiger partial charge in [-0.3, -0.25) is 9.59 Å². The third kappa shape index (κ3) is 5.33. The molecule has 1 aromatic heterocycles. The molecule has 2 rings (SSSR count). The molecule has 0 saturated heterocycles. The predicted octanol–water partition coefficient (Wildman–Crippen LogP) is 2.52. The number of amides is 1. The van der Waals surface area contributed by atoms with E-state index in [1.54, 1.807) is 19.1 Å². The number of benzene rings is 1. The first-order valence-electron chi connectivity index (χ1n) is 6.77. The van der Waals surface area contributed by atoms with Crippen molar-refractivity contribution in [1.29, 1.82) is 0 Å². The highest BCUT2D eigenvalue weighted by Crippen LogP contribution is 2.16. The molecule has 0 unspecified atom stereocenters. The van der Waals surface area contributed by atoms with Crippen molar-refractivity contribution in [3.63, 3.8) is 0 Å². The van der Waals surface area contributed by atoms with Gasteiger partial charge in [0.2, 0.25) is 0 Å². The Morgan fingerprint density at radius 1 is 1.26 bits per heavy atom. The monoisotopic (exact) mass is 335 g/mol. The molecule has 2 aromatic rings. The van der Waals surface area contributed by atoms with Gasteiger partial charge in [-0.1, -0.05) is 17.8 Å². The molecule has 1 aromatic carbocycles. The predicted molar refractivity (Wildman–Crippen MR) is 83.7 cm³/mol. The maximum absolute atomic E-state index is 13.1. The first kappa shape index (κ1) is 16.9.